The van der Waals surface area contributed by atoms with E-state index >= 15 is 0 Å². The molecule has 0 bridgehead atoms. The minimum absolute atomic E-state index is 0.331. The summed E-state index contributed by atoms with van der Waals surface area (Å²) >= 11 is 4.28. The fraction of sp³-hybridized carbons (Fsp3) is 0. The molecule has 1 aromatic carbocycles. The average molecular weight is 274 g/mol. The molecule has 3 nitrogen and oxygen atoms in total. The first-order valence-electron chi connectivity index (χ1n) is 3.71. The van der Waals surface area contributed by atoms with E-state index < -0.39 is 0 Å². The SMILES string of the molecule is Nc1nc(-c2cc(F)cc(Br)c2)ns1. The van der Waals surface area contributed by atoms with Crippen LogP contribution in [0, 0.1) is 5.82 Å². The molecule has 0 aliphatic carbocycles. The Morgan fingerprint density at radius 1 is 1.36 bits per heavy atom. The standard InChI is InChI=1S/C8H5BrFN3S/c9-5-1-4(2-6(10)3-5)7-12-8(11)14-13-7/h1-3H,(H2,11,12,13). The smallest absolute Gasteiger partial charge is 0.200 e. The van der Waals surface area contributed by atoms with Crippen LogP contribution in [-0.4, -0.2) is 9.36 Å². The van der Waals surface area contributed by atoms with Crippen LogP contribution < -0.4 is 5.73 Å². The number of hydrogen-bond acceptors (Lipinski definition) is 4. The van der Waals surface area contributed by atoms with Gasteiger partial charge in [0.2, 0.25) is 0 Å². The fourth-order valence-electron chi connectivity index (χ4n) is 1.04. The maximum atomic E-state index is 13.0. The molecule has 0 spiro atoms. The van der Waals surface area contributed by atoms with Gasteiger partial charge >= 0.3 is 0 Å². The number of aromatic nitrogens is 2. The van der Waals surface area contributed by atoms with Crippen molar-refractivity contribution in [1.29, 1.82) is 0 Å². The van der Waals surface area contributed by atoms with Crippen LogP contribution in [0.3, 0.4) is 0 Å². The Morgan fingerprint density at radius 2 is 2.14 bits per heavy atom. The Hall–Kier alpha value is -1.01. The quantitative estimate of drug-likeness (QED) is 0.869. The summed E-state index contributed by atoms with van der Waals surface area (Å²) in [6.45, 7) is 0. The number of halogens is 2. The third-order valence-electron chi connectivity index (χ3n) is 1.56. The largest absolute Gasteiger partial charge is 0.374 e. The highest BCUT2D eigenvalue weighted by molar-refractivity contribution is 9.10. The number of nitrogens with zero attached hydrogens (tertiary/aromatic N) is 2. The van der Waals surface area contributed by atoms with Gasteiger partial charge < -0.3 is 5.73 Å². The van der Waals surface area contributed by atoms with E-state index in [2.05, 4.69) is 25.3 Å². The van der Waals surface area contributed by atoms with Gasteiger partial charge in [0.1, 0.15) is 5.82 Å². The van der Waals surface area contributed by atoms with Crippen LogP contribution in [0.2, 0.25) is 0 Å². The van der Waals surface area contributed by atoms with Crippen molar-refractivity contribution in [1.82, 2.24) is 9.36 Å². The van der Waals surface area contributed by atoms with E-state index in [4.69, 9.17) is 5.73 Å². The normalized spacial score (nSPS) is 10.4. The van der Waals surface area contributed by atoms with Crippen molar-refractivity contribution in [2.24, 2.45) is 0 Å². The van der Waals surface area contributed by atoms with Crippen molar-refractivity contribution >= 4 is 32.6 Å². The molecule has 1 heterocycles. The highest BCUT2D eigenvalue weighted by atomic mass is 79.9. The number of nitrogens with two attached hydrogens (primary N) is 1. The molecule has 2 rings (SSSR count). The number of rotatable bonds is 1. The topological polar surface area (TPSA) is 51.8 Å². The van der Waals surface area contributed by atoms with E-state index in [1.54, 1.807) is 6.07 Å². The lowest BCUT2D eigenvalue weighted by molar-refractivity contribution is 0.627. The number of benzene rings is 1. The molecule has 0 saturated heterocycles. The maximum absolute atomic E-state index is 13.0. The zero-order valence-electron chi connectivity index (χ0n) is 6.87. The Balaban J connectivity index is 2.51. The highest BCUT2D eigenvalue weighted by Gasteiger charge is 2.06. The van der Waals surface area contributed by atoms with Crippen molar-refractivity contribution in [2.75, 3.05) is 5.73 Å². The van der Waals surface area contributed by atoms with E-state index in [0.717, 1.165) is 11.5 Å². The van der Waals surface area contributed by atoms with E-state index in [1.807, 2.05) is 0 Å². The molecule has 0 amide bonds. The average Bonchev–Trinajstić information content (AvgIpc) is 2.50. The number of hydrogen-bond donors (Lipinski definition) is 1. The molecule has 0 radical (unpaired) electrons. The van der Waals surface area contributed by atoms with Crippen LogP contribution in [-0.2, 0) is 0 Å². The van der Waals surface area contributed by atoms with Crippen LogP contribution >= 0.6 is 27.5 Å². The van der Waals surface area contributed by atoms with Crippen molar-refractivity contribution in [3.8, 4) is 11.4 Å². The van der Waals surface area contributed by atoms with E-state index in [9.17, 15) is 4.39 Å². The molecular weight excluding hydrogens is 269 g/mol. The lowest BCUT2D eigenvalue weighted by Gasteiger charge is -1.96. The summed E-state index contributed by atoms with van der Waals surface area (Å²) in [5.74, 6) is 0.121. The molecule has 0 aliphatic rings. The first-order valence-corrected chi connectivity index (χ1v) is 5.27. The van der Waals surface area contributed by atoms with Gasteiger partial charge in [-0.1, -0.05) is 15.9 Å². The summed E-state index contributed by atoms with van der Waals surface area (Å²) in [5, 5.41) is 0.375. The van der Waals surface area contributed by atoms with Gasteiger partial charge in [-0.3, -0.25) is 0 Å². The molecule has 0 saturated carbocycles. The molecule has 0 unspecified atom stereocenters. The van der Waals surface area contributed by atoms with Crippen LogP contribution in [0.1, 0.15) is 0 Å². The first-order chi connectivity index (χ1) is 6.65. The van der Waals surface area contributed by atoms with Crippen molar-refractivity contribution < 1.29 is 4.39 Å². The number of nitrogen functional groups attached to an aromatic ring is 1. The summed E-state index contributed by atoms with van der Waals surface area (Å²) < 4.78 is 17.6. The molecule has 0 aliphatic heterocycles. The zero-order chi connectivity index (χ0) is 10.1. The van der Waals surface area contributed by atoms with E-state index in [1.165, 1.54) is 12.1 Å². The van der Waals surface area contributed by atoms with Crippen LogP contribution in [0.15, 0.2) is 22.7 Å². The second kappa shape index (κ2) is 3.62. The molecule has 6 heteroatoms. The second-order valence-corrected chi connectivity index (χ2v) is 4.31. The zero-order valence-corrected chi connectivity index (χ0v) is 9.27. The second-order valence-electron chi connectivity index (χ2n) is 2.61. The first kappa shape index (κ1) is 9.54. The molecule has 14 heavy (non-hydrogen) atoms. The van der Waals surface area contributed by atoms with Gasteiger partial charge in [0.05, 0.1) is 0 Å². The highest BCUT2D eigenvalue weighted by Crippen LogP contribution is 2.24. The lowest BCUT2D eigenvalue weighted by Crippen LogP contribution is -1.85. The van der Waals surface area contributed by atoms with Gasteiger partial charge in [0.15, 0.2) is 11.0 Å². The summed E-state index contributed by atoms with van der Waals surface area (Å²) in [4.78, 5) is 3.96. The molecular formula is C8H5BrFN3S. The van der Waals surface area contributed by atoms with Gasteiger partial charge in [-0.05, 0) is 18.2 Å². The lowest BCUT2D eigenvalue weighted by atomic mass is 10.2. The van der Waals surface area contributed by atoms with Crippen LogP contribution in [0.4, 0.5) is 9.52 Å². The minimum Gasteiger partial charge on any atom is -0.374 e. The molecule has 0 fully saturated rings. The predicted octanol–water partition coefficient (Wildman–Crippen LogP) is 2.69. The molecule has 0 atom stereocenters. The Bertz CT molecular complexity index is 451. The summed E-state index contributed by atoms with van der Waals surface area (Å²) in [6.07, 6.45) is 0. The Labute approximate surface area is 92.1 Å². The van der Waals surface area contributed by atoms with E-state index in [-0.39, 0.29) is 5.82 Å². The van der Waals surface area contributed by atoms with Crippen LogP contribution in [0.5, 0.6) is 0 Å². The van der Waals surface area contributed by atoms with Crippen molar-refractivity contribution in [3.05, 3.63) is 28.5 Å². The van der Waals surface area contributed by atoms with Crippen molar-refractivity contribution in [2.45, 2.75) is 0 Å². The van der Waals surface area contributed by atoms with Gasteiger partial charge in [-0.25, -0.2) is 4.39 Å². The third-order valence-corrected chi connectivity index (χ3v) is 2.56. The summed E-state index contributed by atoms with van der Waals surface area (Å²) in [7, 11) is 0. The Kier molecular flexibility index (Phi) is 2.47. The number of anilines is 1. The van der Waals surface area contributed by atoms with Crippen LogP contribution in [0.25, 0.3) is 11.4 Å². The van der Waals surface area contributed by atoms with Gasteiger partial charge in [0.25, 0.3) is 0 Å². The molecule has 2 N–H and O–H groups in total. The van der Waals surface area contributed by atoms with Crippen molar-refractivity contribution in [3.63, 3.8) is 0 Å². The fourth-order valence-corrected chi connectivity index (χ4v) is 1.95. The van der Waals surface area contributed by atoms with Gasteiger partial charge in [-0.2, -0.15) is 9.36 Å². The molecule has 72 valence electrons. The Morgan fingerprint density at radius 3 is 2.71 bits per heavy atom. The van der Waals surface area contributed by atoms with E-state index in [0.29, 0.717) is 21.0 Å². The minimum atomic E-state index is -0.331. The third kappa shape index (κ3) is 1.91. The maximum Gasteiger partial charge on any atom is 0.200 e. The summed E-state index contributed by atoms with van der Waals surface area (Å²) in [5.41, 5.74) is 6.05. The molecule has 2 aromatic rings. The van der Waals surface area contributed by atoms with Gasteiger partial charge in [-0.15, -0.1) is 0 Å². The monoisotopic (exact) mass is 273 g/mol. The molecule has 1 aromatic heterocycles. The predicted molar refractivity (Wildman–Crippen MR) is 57.4 cm³/mol. The summed E-state index contributed by atoms with van der Waals surface area (Å²) in [6, 6.07) is 4.48. The van der Waals surface area contributed by atoms with Gasteiger partial charge in [0, 0.05) is 21.6 Å².